The number of aliphatic carboxylic acids is 2. The van der Waals surface area contributed by atoms with Gasteiger partial charge in [0.15, 0.2) is 0 Å². The second-order valence-corrected chi connectivity index (χ2v) is 6.57. The van der Waals surface area contributed by atoms with Crippen LogP contribution in [0.25, 0.3) is 0 Å². The van der Waals surface area contributed by atoms with Gasteiger partial charge in [0.05, 0.1) is 5.56 Å². The van der Waals surface area contributed by atoms with Gasteiger partial charge in [0.2, 0.25) is 0 Å². The van der Waals surface area contributed by atoms with Gasteiger partial charge < -0.3 is 15.1 Å². The number of hydrogen-bond donors (Lipinski definition) is 2. The lowest BCUT2D eigenvalue weighted by molar-refractivity contribution is -0.159. The number of carbonyl (C=O) groups is 3. The molecule has 1 saturated heterocycles. The summed E-state index contributed by atoms with van der Waals surface area (Å²) in [5.41, 5.74) is 0.250. The van der Waals surface area contributed by atoms with Gasteiger partial charge in [0.25, 0.3) is 5.91 Å². The zero-order valence-corrected chi connectivity index (χ0v) is 16.2. The molecular formula is C20H20F3N3O5. The average molecular weight is 439 g/mol. The number of pyridine rings is 1. The summed E-state index contributed by atoms with van der Waals surface area (Å²) in [6, 6.07) is 8.96. The Morgan fingerprint density at radius 3 is 1.97 bits per heavy atom. The van der Waals surface area contributed by atoms with E-state index in [9.17, 15) is 18.0 Å². The van der Waals surface area contributed by atoms with Crippen LogP contribution in [-0.4, -0.2) is 69.0 Å². The van der Waals surface area contributed by atoms with Crippen molar-refractivity contribution in [3.05, 3.63) is 65.5 Å². The van der Waals surface area contributed by atoms with E-state index in [0.717, 1.165) is 6.07 Å². The molecule has 0 bridgehead atoms. The van der Waals surface area contributed by atoms with Gasteiger partial charge in [-0.1, -0.05) is 18.2 Å². The quantitative estimate of drug-likeness (QED) is 0.706. The molecule has 1 aliphatic rings. The first-order chi connectivity index (χ1) is 14.6. The summed E-state index contributed by atoms with van der Waals surface area (Å²) < 4.78 is 39.2. The molecule has 1 amide bonds. The van der Waals surface area contributed by atoms with Crippen LogP contribution in [0.5, 0.6) is 0 Å². The van der Waals surface area contributed by atoms with E-state index in [2.05, 4.69) is 4.98 Å². The lowest BCUT2D eigenvalue weighted by Crippen LogP contribution is -2.48. The minimum absolute atomic E-state index is 0.0715. The zero-order valence-electron chi connectivity index (χ0n) is 16.2. The molecule has 0 radical (unpaired) electrons. The molecule has 31 heavy (non-hydrogen) atoms. The first-order valence-electron chi connectivity index (χ1n) is 9.12. The van der Waals surface area contributed by atoms with Gasteiger partial charge >= 0.3 is 18.1 Å². The van der Waals surface area contributed by atoms with Crippen molar-refractivity contribution >= 4 is 17.8 Å². The third-order valence-corrected chi connectivity index (χ3v) is 4.49. The summed E-state index contributed by atoms with van der Waals surface area (Å²) >= 11 is 0. The number of carboxylic acid groups (broad SMARTS) is 2. The topological polar surface area (TPSA) is 111 Å². The van der Waals surface area contributed by atoms with Crippen LogP contribution in [-0.2, 0) is 22.3 Å². The Hall–Kier alpha value is -3.47. The van der Waals surface area contributed by atoms with Gasteiger partial charge in [-0.15, -0.1) is 0 Å². The standard InChI is InChI=1S/C18H18F3N3O.C2H2O4/c19-18(20,21)16-4-2-1-3-15(16)13-23-9-11-24(12-10-23)17(25)14-5-7-22-8-6-14;3-1(4)2(5)6/h1-8H,9-13H2;(H,3,4)(H,5,6). The van der Waals surface area contributed by atoms with E-state index < -0.39 is 23.7 Å². The fourth-order valence-electron chi connectivity index (χ4n) is 2.96. The third-order valence-electron chi connectivity index (χ3n) is 4.49. The Morgan fingerprint density at radius 1 is 0.903 bits per heavy atom. The molecule has 0 spiro atoms. The SMILES string of the molecule is O=C(O)C(=O)O.O=C(c1ccncc1)N1CCN(Cc2ccccc2C(F)(F)F)CC1. The number of piperazine rings is 1. The number of alkyl halides is 3. The third kappa shape index (κ3) is 7.07. The van der Waals surface area contributed by atoms with Gasteiger partial charge in [0.1, 0.15) is 0 Å². The molecule has 0 atom stereocenters. The number of amides is 1. The van der Waals surface area contributed by atoms with Crippen LogP contribution in [0.1, 0.15) is 21.5 Å². The summed E-state index contributed by atoms with van der Waals surface area (Å²) in [5, 5.41) is 14.8. The normalized spacial score (nSPS) is 14.4. The number of benzene rings is 1. The van der Waals surface area contributed by atoms with Crippen molar-refractivity contribution in [2.24, 2.45) is 0 Å². The molecule has 1 aromatic heterocycles. The van der Waals surface area contributed by atoms with Crippen molar-refractivity contribution < 1.29 is 37.8 Å². The van der Waals surface area contributed by atoms with Crippen molar-refractivity contribution in [3.8, 4) is 0 Å². The number of halogens is 3. The van der Waals surface area contributed by atoms with E-state index in [1.165, 1.54) is 12.1 Å². The monoisotopic (exact) mass is 439 g/mol. The van der Waals surface area contributed by atoms with Crippen LogP contribution in [0.2, 0.25) is 0 Å². The zero-order chi connectivity index (χ0) is 23.0. The Balaban J connectivity index is 0.000000501. The van der Waals surface area contributed by atoms with Crippen LogP contribution in [0.15, 0.2) is 48.8 Å². The fraction of sp³-hybridized carbons (Fsp3) is 0.300. The van der Waals surface area contributed by atoms with Crippen LogP contribution in [0.3, 0.4) is 0 Å². The number of hydrogen-bond acceptors (Lipinski definition) is 5. The number of aromatic nitrogens is 1. The van der Waals surface area contributed by atoms with Gasteiger partial charge in [-0.25, -0.2) is 9.59 Å². The maximum Gasteiger partial charge on any atom is 0.416 e. The van der Waals surface area contributed by atoms with Crippen molar-refractivity contribution in [2.45, 2.75) is 12.7 Å². The highest BCUT2D eigenvalue weighted by molar-refractivity contribution is 6.27. The van der Waals surface area contributed by atoms with Crippen LogP contribution in [0, 0.1) is 0 Å². The molecule has 3 rings (SSSR count). The van der Waals surface area contributed by atoms with Crippen molar-refractivity contribution in [2.75, 3.05) is 26.2 Å². The molecular weight excluding hydrogens is 419 g/mol. The average Bonchev–Trinajstić information content (AvgIpc) is 2.74. The Morgan fingerprint density at radius 2 is 1.45 bits per heavy atom. The summed E-state index contributed by atoms with van der Waals surface area (Å²) in [6.07, 6.45) is -1.22. The minimum Gasteiger partial charge on any atom is -0.473 e. The predicted octanol–water partition coefficient (Wildman–Crippen LogP) is 2.21. The molecule has 0 saturated carbocycles. The molecule has 0 aliphatic carbocycles. The first-order valence-corrected chi connectivity index (χ1v) is 9.12. The highest BCUT2D eigenvalue weighted by Crippen LogP contribution is 2.32. The van der Waals surface area contributed by atoms with E-state index in [0.29, 0.717) is 31.7 Å². The van der Waals surface area contributed by atoms with Gasteiger partial charge in [-0.2, -0.15) is 13.2 Å². The summed E-state index contributed by atoms with van der Waals surface area (Å²) in [5.74, 6) is -3.72. The highest BCUT2D eigenvalue weighted by atomic mass is 19.4. The minimum atomic E-state index is -4.35. The summed E-state index contributed by atoms with van der Waals surface area (Å²) in [4.78, 5) is 38.1. The van der Waals surface area contributed by atoms with E-state index >= 15 is 0 Å². The van der Waals surface area contributed by atoms with Crippen molar-refractivity contribution in [3.63, 3.8) is 0 Å². The van der Waals surface area contributed by atoms with E-state index in [1.54, 1.807) is 35.5 Å². The van der Waals surface area contributed by atoms with Gasteiger partial charge in [-0.3, -0.25) is 14.7 Å². The van der Waals surface area contributed by atoms with Gasteiger partial charge in [-0.05, 0) is 23.8 Å². The summed E-state index contributed by atoms with van der Waals surface area (Å²) in [6.45, 7) is 2.31. The molecule has 1 aromatic carbocycles. The Labute approximate surface area is 175 Å². The molecule has 0 unspecified atom stereocenters. The predicted molar refractivity (Wildman–Crippen MR) is 102 cm³/mol. The summed E-state index contributed by atoms with van der Waals surface area (Å²) in [7, 11) is 0. The maximum atomic E-state index is 13.1. The molecule has 2 heterocycles. The molecule has 11 heteroatoms. The highest BCUT2D eigenvalue weighted by Gasteiger charge is 2.33. The van der Waals surface area contributed by atoms with Crippen molar-refractivity contribution in [1.82, 2.24) is 14.8 Å². The molecule has 2 aromatic rings. The lowest BCUT2D eigenvalue weighted by atomic mass is 10.1. The molecule has 8 nitrogen and oxygen atoms in total. The number of nitrogens with zero attached hydrogens (tertiary/aromatic N) is 3. The number of carbonyl (C=O) groups excluding carboxylic acids is 1. The number of carboxylic acids is 2. The second-order valence-electron chi connectivity index (χ2n) is 6.57. The largest absolute Gasteiger partial charge is 0.473 e. The molecule has 1 fully saturated rings. The fourth-order valence-corrected chi connectivity index (χ4v) is 2.96. The molecule has 1 aliphatic heterocycles. The maximum absolute atomic E-state index is 13.1. The first kappa shape index (κ1) is 23.8. The smallest absolute Gasteiger partial charge is 0.416 e. The van der Waals surface area contributed by atoms with Crippen molar-refractivity contribution in [1.29, 1.82) is 0 Å². The molecule has 166 valence electrons. The Kier molecular flexibility index (Phi) is 8.08. The number of rotatable bonds is 3. The van der Waals surface area contributed by atoms with Crippen LogP contribution >= 0.6 is 0 Å². The molecule has 2 N–H and O–H groups in total. The van der Waals surface area contributed by atoms with E-state index in [-0.39, 0.29) is 18.0 Å². The Bertz CT molecular complexity index is 902. The van der Waals surface area contributed by atoms with Crippen LogP contribution in [0.4, 0.5) is 13.2 Å². The lowest BCUT2D eigenvalue weighted by Gasteiger charge is -2.35. The second kappa shape index (κ2) is 10.5. The van der Waals surface area contributed by atoms with E-state index in [4.69, 9.17) is 19.8 Å². The van der Waals surface area contributed by atoms with Crippen LogP contribution < -0.4 is 0 Å². The van der Waals surface area contributed by atoms with Gasteiger partial charge in [0, 0.05) is 50.7 Å². The van der Waals surface area contributed by atoms with E-state index in [1.807, 2.05) is 4.90 Å².